The van der Waals surface area contributed by atoms with Crippen LogP contribution in [0.4, 0.5) is 21.5 Å². The summed E-state index contributed by atoms with van der Waals surface area (Å²) in [6.07, 6.45) is 0. The first-order valence-electron chi connectivity index (χ1n) is 7.25. The van der Waals surface area contributed by atoms with E-state index in [0.29, 0.717) is 11.4 Å². The molecule has 0 aliphatic heterocycles. The molecule has 0 aliphatic rings. The van der Waals surface area contributed by atoms with Gasteiger partial charge in [-0.25, -0.2) is 4.39 Å². The van der Waals surface area contributed by atoms with Gasteiger partial charge in [-0.05, 0) is 49.4 Å². The fourth-order valence-electron chi connectivity index (χ4n) is 2.00. The maximum Gasteiger partial charge on any atom is 0.246 e. The van der Waals surface area contributed by atoms with Crippen LogP contribution in [0.5, 0.6) is 0 Å². The van der Waals surface area contributed by atoms with Crippen molar-refractivity contribution in [1.29, 1.82) is 0 Å². The minimum absolute atomic E-state index is 0.134. The van der Waals surface area contributed by atoms with E-state index in [0.717, 1.165) is 11.8 Å². The lowest BCUT2D eigenvalue weighted by atomic mass is 10.2. The SMILES string of the molecule is CC(=O)Nc1ccc(N[C@H](C)C(=O)Nc2ccc(F)cc2Cl)cc1. The zero-order valence-electron chi connectivity index (χ0n) is 13.2. The lowest BCUT2D eigenvalue weighted by molar-refractivity contribution is -0.116. The Morgan fingerprint density at radius 2 is 1.67 bits per heavy atom. The van der Waals surface area contributed by atoms with Crippen LogP contribution in [0.2, 0.25) is 5.02 Å². The van der Waals surface area contributed by atoms with Crippen LogP contribution in [0.15, 0.2) is 42.5 Å². The van der Waals surface area contributed by atoms with Gasteiger partial charge in [0.15, 0.2) is 0 Å². The number of hydrogen-bond donors (Lipinski definition) is 3. The summed E-state index contributed by atoms with van der Waals surface area (Å²) in [7, 11) is 0. The quantitative estimate of drug-likeness (QED) is 0.767. The fraction of sp³-hybridized carbons (Fsp3) is 0.176. The molecule has 0 radical (unpaired) electrons. The van der Waals surface area contributed by atoms with Gasteiger partial charge in [0.25, 0.3) is 0 Å². The van der Waals surface area contributed by atoms with Crippen molar-refractivity contribution in [3.63, 3.8) is 0 Å². The Kier molecular flexibility index (Phi) is 5.76. The summed E-state index contributed by atoms with van der Waals surface area (Å²) in [5.41, 5.74) is 1.73. The van der Waals surface area contributed by atoms with E-state index in [4.69, 9.17) is 11.6 Å². The minimum Gasteiger partial charge on any atom is -0.374 e. The number of rotatable bonds is 5. The number of benzene rings is 2. The molecule has 2 rings (SSSR count). The van der Waals surface area contributed by atoms with Crippen LogP contribution in [0.3, 0.4) is 0 Å². The third-order valence-corrected chi connectivity index (χ3v) is 3.48. The van der Waals surface area contributed by atoms with E-state index in [1.54, 1.807) is 31.2 Å². The molecule has 126 valence electrons. The van der Waals surface area contributed by atoms with Crippen molar-refractivity contribution in [3.05, 3.63) is 53.3 Å². The van der Waals surface area contributed by atoms with Crippen molar-refractivity contribution in [1.82, 2.24) is 0 Å². The number of anilines is 3. The molecule has 0 saturated heterocycles. The summed E-state index contributed by atoms with van der Waals surface area (Å²) in [5.74, 6) is -0.933. The van der Waals surface area contributed by atoms with Gasteiger partial charge in [0.2, 0.25) is 11.8 Å². The highest BCUT2D eigenvalue weighted by atomic mass is 35.5. The van der Waals surface area contributed by atoms with Gasteiger partial charge in [0.05, 0.1) is 10.7 Å². The first-order valence-corrected chi connectivity index (χ1v) is 7.63. The molecule has 24 heavy (non-hydrogen) atoms. The molecule has 0 bridgehead atoms. The van der Waals surface area contributed by atoms with Gasteiger partial charge in [-0.2, -0.15) is 0 Å². The van der Waals surface area contributed by atoms with Crippen LogP contribution < -0.4 is 16.0 Å². The molecule has 7 heteroatoms. The normalized spacial score (nSPS) is 11.5. The second kappa shape index (κ2) is 7.79. The van der Waals surface area contributed by atoms with E-state index < -0.39 is 11.9 Å². The molecule has 0 aliphatic carbocycles. The third-order valence-electron chi connectivity index (χ3n) is 3.17. The molecule has 0 saturated carbocycles. The average Bonchev–Trinajstić information content (AvgIpc) is 2.51. The van der Waals surface area contributed by atoms with Crippen molar-refractivity contribution >= 4 is 40.5 Å². The molecule has 0 spiro atoms. The lowest BCUT2D eigenvalue weighted by Crippen LogP contribution is -2.31. The van der Waals surface area contributed by atoms with Crippen LogP contribution in [-0.4, -0.2) is 17.9 Å². The van der Waals surface area contributed by atoms with Gasteiger partial charge in [0, 0.05) is 18.3 Å². The van der Waals surface area contributed by atoms with Gasteiger partial charge >= 0.3 is 0 Å². The van der Waals surface area contributed by atoms with Gasteiger partial charge < -0.3 is 16.0 Å². The summed E-state index contributed by atoms with van der Waals surface area (Å²) < 4.78 is 13.0. The molecule has 2 aromatic rings. The molecule has 1 atom stereocenters. The maximum absolute atomic E-state index is 13.0. The van der Waals surface area contributed by atoms with Gasteiger partial charge in [0.1, 0.15) is 11.9 Å². The van der Waals surface area contributed by atoms with E-state index in [9.17, 15) is 14.0 Å². The molecule has 0 aromatic heterocycles. The molecular weight excluding hydrogens is 333 g/mol. The molecule has 0 heterocycles. The zero-order valence-corrected chi connectivity index (χ0v) is 13.9. The predicted molar refractivity (Wildman–Crippen MR) is 93.9 cm³/mol. The van der Waals surface area contributed by atoms with Crippen molar-refractivity contribution in [2.75, 3.05) is 16.0 Å². The Labute approximate surface area is 144 Å². The van der Waals surface area contributed by atoms with Crippen LogP contribution in [0, 0.1) is 5.82 Å². The van der Waals surface area contributed by atoms with Crippen molar-refractivity contribution in [2.45, 2.75) is 19.9 Å². The average molecular weight is 350 g/mol. The Balaban J connectivity index is 1.97. The van der Waals surface area contributed by atoms with E-state index in [1.165, 1.54) is 19.1 Å². The smallest absolute Gasteiger partial charge is 0.246 e. The number of hydrogen-bond acceptors (Lipinski definition) is 3. The molecule has 0 fully saturated rings. The molecule has 5 nitrogen and oxygen atoms in total. The third kappa shape index (κ3) is 4.96. The molecule has 2 amide bonds. The van der Waals surface area contributed by atoms with E-state index in [1.807, 2.05) is 0 Å². The van der Waals surface area contributed by atoms with Crippen LogP contribution >= 0.6 is 11.6 Å². The largest absolute Gasteiger partial charge is 0.374 e. The first-order chi connectivity index (χ1) is 11.3. The lowest BCUT2D eigenvalue weighted by Gasteiger charge is -2.16. The Hall–Kier alpha value is -2.60. The standard InChI is InChI=1S/C17H17ClFN3O2/c1-10(17(24)22-16-8-3-12(19)9-15(16)18)20-13-4-6-14(7-5-13)21-11(2)23/h3-10,20H,1-2H3,(H,21,23)(H,22,24)/t10-/m1/s1. The predicted octanol–water partition coefficient (Wildman–Crippen LogP) is 3.88. The summed E-state index contributed by atoms with van der Waals surface area (Å²) in [6, 6.07) is 10.2. The topological polar surface area (TPSA) is 70.2 Å². The minimum atomic E-state index is -0.544. The van der Waals surface area contributed by atoms with Crippen LogP contribution in [-0.2, 0) is 9.59 Å². The number of amides is 2. The molecule has 2 aromatic carbocycles. The number of halogens is 2. The van der Waals surface area contributed by atoms with Crippen molar-refractivity contribution in [3.8, 4) is 0 Å². The van der Waals surface area contributed by atoms with E-state index in [-0.39, 0.29) is 16.8 Å². The maximum atomic E-state index is 13.0. The zero-order chi connectivity index (χ0) is 17.7. The number of carbonyl (C=O) groups excluding carboxylic acids is 2. The Morgan fingerprint density at radius 3 is 2.25 bits per heavy atom. The van der Waals surface area contributed by atoms with Crippen molar-refractivity contribution in [2.24, 2.45) is 0 Å². The van der Waals surface area contributed by atoms with E-state index >= 15 is 0 Å². The summed E-state index contributed by atoms with van der Waals surface area (Å²) in [4.78, 5) is 23.2. The second-order valence-electron chi connectivity index (χ2n) is 5.24. The molecule has 0 unspecified atom stereocenters. The van der Waals surface area contributed by atoms with Gasteiger partial charge in [-0.15, -0.1) is 0 Å². The summed E-state index contributed by atoms with van der Waals surface area (Å²) in [6.45, 7) is 3.12. The fourth-order valence-corrected chi connectivity index (χ4v) is 2.21. The first kappa shape index (κ1) is 17.7. The Morgan fingerprint density at radius 1 is 1.04 bits per heavy atom. The van der Waals surface area contributed by atoms with Gasteiger partial charge in [-0.1, -0.05) is 11.6 Å². The number of nitrogens with one attached hydrogen (secondary N) is 3. The van der Waals surface area contributed by atoms with E-state index in [2.05, 4.69) is 16.0 Å². The highest BCUT2D eigenvalue weighted by molar-refractivity contribution is 6.33. The van der Waals surface area contributed by atoms with Gasteiger partial charge in [-0.3, -0.25) is 9.59 Å². The van der Waals surface area contributed by atoms with Crippen LogP contribution in [0.25, 0.3) is 0 Å². The molecular formula is C17H17ClFN3O2. The number of carbonyl (C=O) groups is 2. The Bertz CT molecular complexity index is 750. The van der Waals surface area contributed by atoms with Crippen LogP contribution in [0.1, 0.15) is 13.8 Å². The molecule has 3 N–H and O–H groups in total. The summed E-state index contributed by atoms with van der Waals surface area (Å²) >= 11 is 5.89. The monoisotopic (exact) mass is 349 g/mol. The highest BCUT2D eigenvalue weighted by Crippen LogP contribution is 2.23. The summed E-state index contributed by atoms with van der Waals surface area (Å²) in [5, 5.41) is 8.46. The second-order valence-corrected chi connectivity index (χ2v) is 5.65. The highest BCUT2D eigenvalue weighted by Gasteiger charge is 2.14. The van der Waals surface area contributed by atoms with Crippen molar-refractivity contribution < 1.29 is 14.0 Å².